The van der Waals surface area contributed by atoms with Crippen molar-refractivity contribution in [2.45, 2.75) is 0 Å². The highest BCUT2D eigenvalue weighted by atomic mass is 35.5. The summed E-state index contributed by atoms with van der Waals surface area (Å²) in [6.07, 6.45) is 0. The number of anilines is 1. The molecule has 78 valence electrons. The number of hydrogen-bond donors (Lipinski definition) is 1. The van der Waals surface area contributed by atoms with Crippen molar-refractivity contribution in [1.82, 2.24) is 0 Å². The van der Waals surface area contributed by atoms with Crippen molar-refractivity contribution >= 4 is 28.9 Å². The van der Waals surface area contributed by atoms with Gasteiger partial charge in [-0.25, -0.2) is 4.39 Å². The van der Waals surface area contributed by atoms with E-state index >= 15 is 0 Å². The zero-order chi connectivity index (χ0) is 11.3. The molecule has 0 saturated carbocycles. The number of hydrogen-bond acceptors (Lipinski definition) is 2. The van der Waals surface area contributed by atoms with Crippen LogP contribution in [0.5, 0.6) is 0 Å². The van der Waals surface area contributed by atoms with E-state index in [1.165, 1.54) is 17.7 Å². The third-order valence-corrected chi connectivity index (χ3v) is 2.29. The van der Waals surface area contributed by atoms with Crippen LogP contribution in [-0.2, 0) is 0 Å². The number of nitrogens with zero attached hydrogens (tertiary/aromatic N) is 1. The molecule has 0 aliphatic heterocycles. The van der Waals surface area contributed by atoms with E-state index in [1.54, 1.807) is 0 Å². The molecule has 0 amide bonds. The van der Waals surface area contributed by atoms with Crippen LogP contribution < -0.4 is 5.32 Å². The average Bonchev–Trinajstić information content (AvgIpc) is 2.26. The molecule has 0 unspecified atom stereocenters. The van der Waals surface area contributed by atoms with Gasteiger partial charge in [0.2, 0.25) is 0 Å². The molecule has 1 rings (SSSR count). The number of benzene rings is 1. The van der Waals surface area contributed by atoms with E-state index in [9.17, 15) is 4.39 Å². The maximum Gasteiger partial charge on any atom is 0.124 e. The molecule has 1 aromatic carbocycles. The summed E-state index contributed by atoms with van der Waals surface area (Å²) >= 11 is 11.0. The predicted molar refractivity (Wildman–Crippen MR) is 59.4 cm³/mol. The smallest absolute Gasteiger partial charge is 0.124 e. The Morgan fingerprint density at radius 3 is 2.93 bits per heavy atom. The highest BCUT2D eigenvalue weighted by Crippen LogP contribution is 2.16. The van der Waals surface area contributed by atoms with Crippen LogP contribution >= 0.6 is 23.2 Å². The first kappa shape index (κ1) is 11.8. The van der Waals surface area contributed by atoms with Gasteiger partial charge in [0.05, 0.1) is 17.8 Å². The number of rotatable bonds is 3. The normalized spacial score (nSPS) is 10.9. The number of nitrogens with one attached hydrogen (secondary N) is 1. The van der Waals surface area contributed by atoms with Crippen molar-refractivity contribution in [3.63, 3.8) is 0 Å². The van der Waals surface area contributed by atoms with Gasteiger partial charge < -0.3 is 5.32 Å². The van der Waals surface area contributed by atoms with Crippen LogP contribution in [0.3, 0.4) is 0 Å². The fourth-order valence-corrected chi connectivity index (χ4v) is 1.13. The molecule has 0 aromatic heterocycles. The lowest BCUT2D eigenvalue weighted by atomic mass is 10.2. The SMILES string of the molecule is N#Cc1cc(F)ccc1NC/C(Cl)=C/Cl. The first-order valence-electron chi connectivity index (χ1n) is 4.05. The van der Waals surface area contributed by atoms with Crippen molar-refractivity contribution in [2.24, 2.45) is 0 Å². The molecule has 0 heterocycles. The molecule has 0 fully saturated rings. The molecule has 1 N–H and O–H groups in total. The lowest BCUT2D eigenvalue weighted by molar-refractivity contribution is 0.627. The standard InChI is InChI=1S/C10H7Cl2FN2/c11-4-8(12)6-15-10-2-1-9(13)3-7(10)5-14/h1-4,15H,6H2/b8-4-. The van der Waals surface area contributed by atoms with Gasteiger partial charge in [-0.15, -0.1) is 0 Å². The number of nitriles is 1. The van der Waals surface area contributed by atoms with Crippen molar-refractivity contribution < 1.29 is 4.39 Å². The topological polar surface area (TPSA) is 35.8 Å². The molecule has 0 radical (unpaired) electrons. The predicted octanol–water partition coefficient (Wildman–Crippen LogP) is 3.43. The zero-order valence-electron chi connectivity index (χ0n) is 7.60. The first-order chi connectivity index (χ1) is 7.17. The molecular weight excluding hydrogens is 238 g/mol. The highest BCUT2D eigenvalue weighted by molar-refractivity contribution is 6.36. The average molecular weight is 245 g/mol. The van der Waals surface area contributed by atoms with Gasteiger partial charge in [0.1, 0.15) is 11.9 Å². The van der Waals surface area contributed by atoms with Gasteiger partial charge in [0.25, 0.3) is 0 Å². The van der Waals surface area contributed by atoms with Gasteiger partial charge in [-0.3, -0.25) is 0 Å². The van der Waals surface area contributed by atoms with E-state index in [2.05, 4.69) is 5.32 Å². The molecule has 15 heavy (non-hydrogen) atoms. The lowest BCUT2D eigenvalue weighted by Gasteiger charge is -2.06. The third kappa shape index (κ3) is 3.43. The van der Waals surface area contributed by atoms with Crippen LogP contribution in [0.15, 0.2) is 28.8 Å². The zero-order valence-corrected chi connectivity index (χ0v) is 9.11. The maximum atomic E-state index is 12.8. The molecule has 0 aliphatic carbocycles. The Morgan fingerprint density at radius 2 is 2.33 bits per heavy atom. The molecule has 1 aromatic rings. The van der Waals surface area contributed by atoms with Crippen LogP contribution in [0.1, 0.15) is 5.56 Å². The van der Waals surface area contributed by atoms with Crippen LogP contribution in [0.2, 0.25) is 0 Å². The van der Waals surface area contributed by atoms with Gasteiger partial charge in [-0.05, 0) is 18.2 Å². The second kappa shape index (κ2) is 5.59. The molecule has 5 heteroatoms. The summed E-state index contributed by atoms with van der Waals surface area (Å²) in [5.74, 6) is -0.448. The fraction of sp³-hybridized carbons (Fsp3) is 0.100. The number of halogens is 3. The van der Waals surface area contributed by atoms with Crippen molar-refractivity contribution in [3.8, 4) is 6.07 Å². The van der Waals surface area contributed by atoms with Crippen LogP contribution in [0.25, 0.3) is 0 Å². The van der Waals surface area contributed by atoms with Gasteiger partial charge in [0.15, 0.2) is 0 Å². The van der Waals surface area contributed by atoms with Gasteiger partial charge in [-0.2, -0.15) is 5.26 Å². The summed E-state index contributed by atoms with van der Waals surface area (Å²) in [5.41, 5.74) is 1.98. The van der Waals surface area contributed by atoms with Crippen molar-refractivity contribution in [2.75, 3.05) is 11.9 Å². The van der Waals surface area contributed by atoms with Gasteiger partial charge >= 0.3 is 0 Å². The quantitative estimate of drug-likeness (QED) is 0.885. The fourth-order valence-electron chi connectivity index (χ4n) is 0.981. The summed E-state index contributed by atoms with van der Waals surface area (Å²) < 4.78 is 12.8. The molecule has 0 spiro atoms. The minimum atomic E-state index is -0.448. The van der Waals surface area contributed by atoms with E-state index in [1.807, 2.05) is 6.07 Å². The van der Waals surface area contributed by atoms with E-state index in [-0.39, 0.29) is 5.56 Å². The summed E-state index contributed by atoms with van der Waals surface area (Å²) in [7, 11) is 0. The van der Waals surface area contributed by atoms with E-state index in [0.29, 0.717) is 17.3 Å². The van der Waals surface area contributed by atoms with Crippen LogP contribution in [0.4, 0.5) is 10.1 Å². The Kier molecular flexibility index (Phi) is 4.41. The molecule has 2 nitrogen and oxygen atoms in total. The second-order valence-corrected chi connectivity index (χ2v) is 3.41. The molecule has 0 atom stereocenters. The maximum absolute atomic E-state index is 12.8. The Hall–Kier alpha value is -1.24. The molecule has 0 saturated heterocycles. The second-order valence-electron chi connectivity index (χ2n) is 2.71. The first-order valence-corrected chi connectivity index (χ1v) is 4.87. The third-order valence-electron chi connectivity index (χ3n) is 1.67. The monoisotopic (exact) mass is 244 g/mol. The summed E-state index contributed by atoms with van der Waals surface area (Å²) in [6, 6.07) is 5.78. The van der Waals surface area contributed by atoms with Crippen molar-refractivity contribution in [3.05, 3.63) is 40.1 Å². The van der Waals surface area contributed by atoms with Gasteiger partial charge in [-0.1, -0.05) is 23.2 Å². The lowest BCUT2D eigenvalue weighted by Crippen LogP contribution is -2.03. The molecule has 0 bridgehead atoms. The Balaban J connectivity index is 2.82. The van der Waals surface area contributed by atoms with Gasteiger partial charge in [0, 0.05) is 10.6 Å². The Labute approximate surface area is 96.9 Å². The molecule has 0 aliphatic rings. The summed E-state index contributed by atoms with van der Waals surface area (Å²) in [6.45, 7) is 0.297. The highest BCUT2D eigenvalue weighted by Gasteiger charge is 2.03. The molecular formula is C10H7Cl2FN2. The minimum absolute atomic E-state index is 0.231. The van der Waals surface area contributed by atoms with E-state index in [4.69, 9.17) is 28.5 Å². The van der Waals surface area contributed by atoms with E-state index in [0.717, 1.165) is 6.07 Å². The Morgan fingerprint density at radius 1 is 1.60 bits per heavy atom. The summed E-state index contributed by atoms with van der Waals surface area (Å²) in [4.78, 5) is 0. The van der Waals surface area contributed by atoms with E-state index < -0.39 is 5.82 Å². The van der Waals surface area contributed by atoms with Crippen LogP contribution in [-0.4, -0.2) is 6.54 Å². The summed E-state index contributed by atoms with van der Waals surface area (Å²) in [5, 5.41) is 12.0. The Bertz CT molecular complexity index is 424. The minimum Gasteiger partial charge on any atom is -0.379 e. The largest absolute Gasteiger partial charge is 0.379 e. The van der Waals surface area contributed by atoms with Crippen LogP contribution in [0, 0.1) is 17.1 Å². The van der Waals surface area contributed by atoms with Crippen molar-refractivity contribution in [1.29, 1.82) is 5.26 Å².